The predicted octanol–water partition coefficient (Wildman–Crippen LogP) is 3.26. The Kier molecular flexibility index (Phi) is 4.43. The number of hydrogen-bond acceptors (Lipinski definition) is 3. The lowest BCUT2D eigenvalue weighted by Gasteiger charge is -2.30. The number of rotatable bonds is 4. The van der Waals surface area contributed by atoms with Crippen LogP contribution in [0, 0.1) is 11.8 Å². The molecule has 21 heavy (non-hydrogen) atoms. The zero-order chi connectivity index (χ0) is 14.8. The maximum atomic E-state index is 4.44. The van der Waals surface area contributed by atoms with E-state index in [1.807, 2.05) is 0 Å². The summed E-state index contributed by atoms with van der Waals surface area (Å²) in [5.41, 5.74) is 1.55. The topological polar surface area (TPSA) is 42.7 Å². The highest BCUT2D eigenvalue weighted by Crippen LogP contribution is 2.30. The molecule has 2 aliphatic rings. The van der Waals surface area contributed by atoms with E-state index in [4.69, 9.17) is 0 Å². The largest absolute Gasteiger partial charge is 0.314 e. The van der Waals surface area contributed by atoms with E-state index < -0.39 is 0 Å². The van der Waals surface area contributed by atoms with Gasteiger partial charge in [0.2, 0.25) is 0 Å². The van der Waals surface area contributed by atoms with Gasteiger partial charge in [-0.15, -0.1) is 10.2 Å². The Balaban J connectivity index is 1.64. The molecule has 2 heterocycles. The van der Waals surface area contributed by atoms with Gasteiger partial charge in [0.05, 0.1) is 6.04 Å². The van der Waals surface area contributed by atoms with Crippen LogP contribution >= 0.6 is 0 Å². The van der Waals surface area contributed by atoms with Gasteiger partial charge in [-0.25, -0.2) is 0 Å². The fraction of sp³-hybridized carbons (Fsp3) is 0.765. The zero-order valence-corrected chi connectivity index (χ0v) is 13.6. The molecule has 4 nitrogen and oxygen atoms in total. The molecule has 4 heteroatoms. The maximum Gasteiger partial charge on any atom is 0.149 e. The highest BCUT2D eigenvalue weighted by Gasteiger charge is 2.24. The molecule has 3 unspecified atom stereocenters. The Morgan fingerprint density at radius 3 is 3.05 bits per heavy atom. The summed E-state index contributed by atoms with van der Waals surface area (Å²) < 4.78 is 2.33. The van der Waals surface area contributed by atoms with Gasteiger partial charge in [0.1, 0.15) is 11.6 Å². The number of aryl methyl sites for hydroxylation is 1. The minimum absolute atomic E-state index is 0.284. The molecule has 0 spiro atoms. The normalized spacial score (nSPS) is 27.1. The van der Waals surface area contributed by atoms with Crippen molar-refractivity contribution < 1.29 is 0 Å². The molecule has 0 radical (unpaired) electrons. The van der Waals surface area contributed by atoms with Crippen molar-refractivity contribution in [1.29, 1.82) is 0 Å². The summed E-state index contributed by atoms with van der Waals surface area (Å²) in [5.74, 6) is 3.74. The van der Waals surface area contributed by atoms with Crippen LogP contribution in [0.2, 0.25) is 0 Å². The molecule has 116 valence electrons. The summed E-state index contributed by atoms with van der Waals surface area (Å²) in [6.45, 7) is 9.02. The summed E-state index contributed by atoms with van der Waals surface area (Å²) >= 11 is 0. The van der Waals surface area contributed by atoms with E-state index in [2.05, 4.69) is 46.9 Å². The van der Waals surface area contributed by atoms with E-state index in [0.717, 1.165) is 31.3 Å². The standard InChI is InChI=1S/C17H28N4/c1-12-7-6-8-13(2)15(12)11-18-14(3)17-20-19-16-9-4-5-10-21(16)17/h7,13-15,18H,4-6,8-11H2,1-3H3. The van der Waals surface area contributed by atoms with Crippen molar-refractivity contribution in [3.63, 3.8) is 0 Å². The first kappa shape index (κ1) is 14.8. The molecule has 3 atom stereocenters. The molecule has 0 bridgehead atoms. The van der Waals surface area contributed by atoms with E-state index in [9.17, 15) is 0 Å². The highest BCUT2D eigenvalue weighted by atomic mass is 15.3. The van der Waals surface area contributed by atoms with Gasteiger partial charge in [-0.2, -0.15) is 0 Å². The first-order valence-corrected chi connectivity index (χ1v) is 8.49. The van der Waals surface area contributed by atoms with Crippen LogP contribution in [0.4, 0.5) is 0 Å². The van der Waals surface area contributed by atoms with Crippen LogP contribution in [0.15, 0.2) is 11.6 Å². The molecule has 1 aliphatic carbocycles. The Morgan fingerprint density at radius 1 is 1.38 bits per heavy atom. The molecule has 0 aromatic carbocycles. The van der Waals surface area contributed by atoms with E-state index in [1.165, 1.54) is 31.5 Å². The SMILES string of the molecule is CC1=CCCC(C)C1CNC(C)c1nnc2n1CCCC2. The van der Waals surface area contributed by atoms with Crippen LogP contribution in [0.5, 0.6) is 0 Å². The summed E-state index contributed by atoms with van der Waals surface area (Å²) in [6, 6.07) is 0.284. The molecule has 1 aliphatic heterocycles. The second-order valence-corrected chi connectivity index (χ2v) is 6.82. The van der Waals surface area contributed by atoms with Crippen molar-refractivity contribution in [3.05, 3.63) is 23.3 Å². The van der Waals surface area contributed by atoms with Gasteiger partial charge in [-0.1, -0.05) is 18.6 Å². The molecular weight excluding hydrogens is 260 g/mol. The number of nitrogens with zero attached hydrogens (tertiary/aromatic N) is 3. The lowest BCUT2D eigenvalue weighted by atomic mass is 9.80. The number of fused-ring (bicyclic) bond motifs is 1. The summed E-state index contributed by atoms with van der Waals surface area (Å²) in [7, 11) is 0. The van der Waals surface area contributed by atoms with Gasteiger partial charge < -0.3 is 9.88 Å². The number of hydrogen-bond donors (Lipinski definition) is 1. The molecule has 0 saturated heterocycles. The van der Waals surface area contributed by atoms with Crippen molar-refractivity contribution in [2.45, 2.75) is 65.5 Å². The van der Waals surface area contributed by atoms with Crippen molar-refractivity contribution in [1.82, 2.24) is 20.1 Å². The van der Waals surface area contributed by atoms with Crippen molar-refractivity contribution in [3.8, 4) is 0 Å². The smallest absolute Gasteiger partial charge is 0.149 e. The van der Waals surface area contributed by atoms with E-state index in [0.29, 0.717) is 5.92 Å². The monoisotopic (exact) mass is 288 g/mol. The molecular formula is C17H28N4. The third-order valence-electron chi connectivity index (χ3n) is 5.28. The van der Waals surface area contributed by atoms with Crippen LogP contribution in [0.3, 0.4) is 0 Å². The Morgan fingerprint density at radius 2 is 2.24 bits per heavy atom. The molecule has 1 aromatic rings. The molecule has 3 rings (SSSR count). The van der Waals surface area contributed by atoms with Gasteiger partial charge in [0, 0.05) is 19.5 Å². The lowest BCUT2D eigenvalue weighted by molar-refractivity contribution is 0.334. The van der Waals surface area contributed by atoms with Gasteiger partial charge in [0.25, 0.3) is 0 Å². The van der Waals surface area contributed by atoms with Crippen molar-refractivity contribution >= 4 is 0 Å². The zero-order valence-electron chi connectivity index (χ0n) is 13.6. The predicted molar refractivity (Wildman–Crippen MR) is 85.0 cm³/mol. The quantitative estimate of drug-likeness (QED) is 0.865. The first-order valence-electron chi connectivity index (χ1n) is 8.49. The van der Waals surface area contributed by atoms with Gasteiger partial charge in [-0.3, -0.25) is 0 Å². The summed E-state index contributed by atoms with van der Waals surface area (Å²) in [4.78, 5) is 0. The first-order chi connectivity index (χ1) is 10.2. The third-order valence-corrected chi connectivity index (χ3v) is 5.28. The second kappa shape index (κ2) is 6.30. The molecule has 0 saturated carbocycles. The molecule has 0 amide bonds. The van der Waals surface area contributed by atoms with Gasteiger partial charge >= 0.3 is 0 Å². The van der Waals surface area contributed by atoms with Crippen LogP contribution in [0.1, 0.15) is 64.1 Å². The lowest BCUT2D eigenvalue weighted by Crippen LogP contribution is -2.32. The molecule has 1 aromatic heterocycles. The second-order valence-electron chi connectivity index (χ2n) is 6.82. The average molecular weight is 288 g/mol. The van der Waals surface area contributed by atoms with E-state index in [1.54, 1.807) is 5.57 Å². The number of allylic oxidation sites excluding steroid dienone is 1. The van der Waals surface area contributed by atoms with Crippen LogP contribution in [-0.2, 0) is 13.0 Å². The van der Waals surface area contributed by atoms with Crippen LogP contribution in [-0.4, -0.2) is 21.3 Å². The van der Waals surface area contributed by atoms with Crippen molar-refractivity contribution in [2.24, 2.45) is 11.8 Å². The minimum atomic E-state index is 0.284. The fourth-order valence-electron chi connectivity index (χ4n) is 3.78. The average Bonchev–Trinajstić information content (AvgIpc) is 2.90. The number of nitrogens with one attached hydrogen (secondary N) is 1. The Labute approximate surface area is 128 Å². The fourth-order valence-corrected chi connectivity index (χ4v) is 3.78. The van der Waals surface area contributed by atoms with Gasteiger partial charge in [0.15, 0.2) is 0 Å². The van der Waals surface area contributed by atoms with E-state index >= 15 is 0 Å². The molecule has 1 N–H and O–H groups in total. The highest BCUT2D eigenvalue weighted by molar-refractivity contribution is 5.10. The Bertz CT molecular complexity index is 517. The Hall–Kier alpha value is -1.16. The maximum absolute atomic E-state index is 4.44. The minimum Gasteiger partial charge on any atom is -0.314 e. The van der Waals surface area contributed by atoms with E-state index in [-0.39, 0.29) is 6.04 Å². The molecule has 0 fully saturated rings. The van der Waals surface area contributed by atoms with Crippen molar-refractivity contribution in [2.75, 3.05) is 6.54 Å². The summed E-state index contributed by atoms with van der Waals surface area (Å²) in [5, 5.41) is 12.5. The third kappa shape index (κ3) is 3.05. The van der Waals surface area contributed by atoms with Crippen LogP contribution in [0.25, 0.3) is 0 Å². The summed E-state index contributed by atoms with van der Waals surface area (Å²) in [6.07, 6.45) is 8.57. The van der Waals surface area contributed by atoms with Gasteiger partial charge in [-0.05, 0) is 51.4 Å². The van der Waals surface area contributed by atoms with Crippen LogP contribution < -0.4 is 5.32 Å². The number of aromatic nitrogens is 3.